The number of nitrogens with zero attached hydrogens (tertiary/aromatic N) is 1. The lowest BCUT2D eigenvalue weighted by Gasteiger charge is -2.34. The van der Waals surface area contributed by atoms with Crippen LogP contribution in [0.2, 0.25) is 19.6 Å². The molecular weight excluding hydrogens is 306 g/mol. The maximum absolute atomic E-state index is 10.0. The van der Waals surface area contributed by atoms with Crippen molar-refractivity contribution >= 4 is 20.1 Å². The number of benzene rings is 2. The quantitative estimate of drug-likeness (QED) is 0.731. The van der Waals surface area contributed by atoms with Crippen LogP contribution in [0, 0.1) is 11.3 Å². The molecule has 0 amide bonds. The molecule has 2 aromatic rings. The van der Waals surface area contributed by atoms with Crippen molar-refractivity contribution in [2.24, 2.45) is 0 Å². The van der Waals surface area contributed by atoms with E-state index in [2.05, 4.69) is 43.9 Å². The van der Waals surface area contributed by atoms with Gasteiger partial charge in [0.1, 0.15) is 6.07 Å². The number of hydrogen-bond acceptors (Lipinski definition) is 3. The third-order valence-corrected chi connectivity index (χ3v) is 5.77. The van der Waals surface area contributed by atoms with Gasteiger partial charge in [-0.15, -0.1) is 0 Å². The summed E-state index contributed by atoms with van der Waals surface area (Å²) < 4.78 is 6.44. The zero-order chi connectivity index (χ0) is 15.8. The van der Waals surface area contributed by atoms with E-state index < -0.39 is 13.9 Å². The van der Waals surface area contributed by atoms with Gasteiger partial charge in [0.2, 0.25) is 0 Å². The van der Waals surface area contributed by atoms with Gasteiger partial charge in [-0.1, -0.05) is 48.2 Å². The van der Waals surface area contributed by atoms with Crippen LogP contribution in [0.1, 0.15) is 11.1 Å². The first-order valence-corrected chi connectivity index (χ1v) is 11.6. The molecule has 0 saturated heterocycles. The average Bonchev–Trinajstić information content (AvgIpc) is 2.60. The summed E-state index contributed by atoms with van der Waals surface area (Å²) in [6.45, 7) is 6.41. The molecule has 0 fully saturated rings. The van der Waals surface area contributed by atoms with Gasteiger partial charge in [0.15, 0.2) is 13.9 Å². The van der Waals surface area contributed by atoms with Gasteiger partial charge in [-0.05, 0) is 37.3 Å². The Morgan fingerprint density at radius 1 is 1.05 bits per heavy atom. The van der Waals surface area contributed by atoms with Crippen molar-refractivity contribution < 1.29 is 4.43 Å². The van der Waals surface area contributed by atoms with Crippen LogP contribution in [0.3, 0.4) is 0 Å². The molecule has 0 spiro atoms. The molecule has 3 rings (SSSR count). The zero-order valence-corrected chi connectivity index (χ0v) is 14.9. The van der Waals surface area contributed by atoms with E-state index in [-0.39, 0.29) is 0 Å². The first-order chi connectivity index (χ1) is 10.4. The topological polar surface area (TPSA) is 33.0 Å². The Hall–Kier alpha value is -1.54. The van der Waals surface area contributed by atoms with Gasteiger partial charge in [0.05, 0.1) is 0 Å². The van der Waals surface area contributed by atoms with Gasteiger partial charge in [0.25, 0.3) is 0 Å². The van der Waals surface area contributed by atoms with Crippen LogP contribution in [0.4, 0.5) is 0 Å². The van der Waals surface area contributed by atoms with Crippen LogP contribution in [-0.4, -0.2) is 8.32 Å². The fraction of sp³-hybridized carbons (Fsp3) is 0.278. The van der Waals surface area contributed by atoms with Crippen LogP contribution in [0.25, 0.3) is 0 Å². The number of rotatable bonds is 2. The van der Waals surface area contributed by atoms with Crippen LogP contribution in [-0.2, 0) is 16.4 Å². The number of nitriles is 1. The maximum Gasteiger partial charge on any atom is 0.186 e. The molecule has 0 bridgehead atoms. The molecule has 0 aromatic heterocycles. The molecule has 1 aliphatic heterocycles. The molecule has 4 heteroatoms. The lowest BCUT2D eigenvalue weighted by Crippen LogP contribution is -2.41. The van der Waals surface area contributed by atoms with Gasteiger partial charge < -0.3 is 4.43 Å². The van der Waals surface area contributed by atoms with Crippen LogP contribution < -0.4 is 0 Å². The Labute approximate surface area is 137 Å². The average molecular weight is 326 g/mol. The Morgan fingerprint density at radius 3 is 2.36 bits per heavy atom. The Kier molecular flexibility index (Phi) is 3.90. The second-order valence-electron chi connectivity index (χ2n) is 6.54. The smallest absolute Gasteiger partial charge is 0.186 e. The first kappa shape index (κ1) is 15.4. The third kappa shape index (κ3) is 2.85. The summed E-state index contributed by atoms with van der Waals surface area (Å²) in [6.07, 6.45) is 0.605. The largest absolute Gasteiger partial charge is 0.396 e. The second kappa shape index (κ2) is 5.58. The van der Waals surface area contributed by atoms with E-state index >= 15 is 0 Å². The molecule has 0 radical (unpaired) electrons. The van der Waals surface area contributed by atoms with Crippen molar-refractivity contribution in [3.8, 4) is 6.07 Å². The molecule has 0 saturated carbocycles. The molecule has 2 nitrogen and oxygen atoms in total. The molecule has 1 unspecified atom stereocenters. The van der Waals surface area contributed by atoms with Gasteiger partial charge in [0, 0.05) is 21.8 Å². The van der Waals surface area contributed by atoms with Gasteiger partial charge in [-0.2, -0.15) is 5.26 Å². The highest BCUT2D eigenvalue weighted by Gasteiger charge is 2.42. The summed E-state index contributed by atoms with van der Waals surface area (Å²) in [5, 5.41) is 10.0. The van der Waals surface area contributed by atoms with Crippen LogP contribution >= 0.6 is 11.8 Å². The Morgan fingerprint density at radius 2 is 1.68 bits per heavy atom. The van der Waals surface area contributed by atoms with Crippen molar-refractivity contribution in [1.29, 1.82) is 5.26 Å². The summed E-state index contributed by atoms with van der Waals surface area (Å²) in [7, 11) is -1.88. The lowest BCUT2D eigenvalue weighted by atomic mass is 9.88. The number of hydrogen-bond donors (Lipinski definition) is 0. The van der Waals surface area contributed by atoms with E-state index in [1.807, 2.05) is 30.3 Å². The monoisotopic (exact) mass is 325 g/mol. The molecule has 2 aromatic carbocycles. The SMILES string of the molecule is C[Si](C)(C)OC1(C#N)Cc2ccccc2Sc2ccccc21. The zero-order valence-electron chi connectivity index (χ0n) is 13.1. The van der Waals surface area contributed by atoms with E-state index in [0.717, 1.165) is 10.5 Å². The minimum Gasteiger partial charge on any atom is -0.396 e. The summed E-state index contributed by atoms with van der Waals surface area (Å²) in [6, 6.07) is 19.0. The first-order valence-electron chi connectivity index (χ1n) is 7.40. The van der Waals surface area contributed by atoms with Crippen molar-refractivity contribution in [3.63, 3.8) is 0 Å². The standard InChI is InChI=1S/C18H19NOSSi/c1-22(2,3)20-18(13-19)12-14-8-4-6-10-16(14)21-17-11-7-5-9-15(17)18/h4-11H,12H2,1-3H3. The van der Waals surface area contributed by atoms with E-state index in [1.165, 1.54) is 10.5 Å². The summed E-state index contributed by atoms with van der Waals surface area (Å²) >= 11 is 1.73. The molecule has 1 atom stereocenters. The minimum absolute atomic E-state index is 0.605. The molecule has 0 aliphatic carbocycles. The molecule has 0 N–H and O–H groups in total. The van der Waals surface area contributed by atoms with Crippen LogP contribution in [0.5, 0.6) is 0 Å². The normalized spacial score (nSPS) is 20.5. The van der Waals surface area contributed by atoms with Crippen molar-refractivity contribution in [2.75, 3.05) is 0 Å². The maximum atomic E-state index is 10.0. The van der Waals surface area contributed by atoms with E-state index in [4.69, 9.17) is 4.43 Å². The Balaban J connectivity index is 2.22. The molecular formula is C18H19NOSSi. The van der Waals surface area contributed by atoms with Crippen molar-refractivity contribution in [3.05, 3.63) is 59.7 Å². The molecule has 22 heavy (non-hydrogen) atoms. The molecule has 1 heterocycles. The van der Waals surface area contributed by atoms with E-state index in [9.17, 15) is 5.26 Å². The summed E-state index contributed by atoms with van der Waals surface area (Å²) in [5.41, 5.74) is 1.30. The van der Waals surface area contributed by atoms with Gasteiger partial charge in [-0.3, -0.25) is 0 Å². The highest BCUT2D eigenvalue weighted by molar-refractivity contribution is 7.99. The van der Waals surface area contributed by atoms with Gasteiger partial charge in [-0.25, -0.2) is 0 Å². The summed E-state index contributed by atoms with van der Waals surface area (Å²) in [4.78, 5) is 2.33. The fourth-order valence-electron chi connectivity index (χ4n) is 2.86. The van der Waals surface area contributed by atoms with Crippen LogP contribution in [0.15, 0.2) is 58.3 Å². The Bertz CT molecular complexity index is 747. The lowest BCUT2D eigenvalue weighted by molar-refractivity contribution is 0.116. The van der Waals surface area contributed by atoms with E-state index in [0.29, 0.717) is 6.42 Å². The fourth-order valence-corrected chi connectivity index (χ4v) is 5.27. The molecule has 112 valence electrons. The minimum atomic E-state index is -1.88. The number of fused-ring (bicyclic) bond motifs is 2. The molecule has 1 aliphatic rings. The predicted octanol–water partition coefficient (Wildman–Crippen LogP) is 4.96. The third-order valence-electron chi connectivity index (χ3n) is 3.62. The van der Waals surface area contributed by atoms with Crippen molar-refractivity contribution in [1.82, 2.24) is 0 Å². The highest BCUT2D eigenvalue weighted by atomic mass is 32.2. The van der Waals surface area contributed by atoms with Crippen molar-refractivity contribution in [2.45, 2.75) is 41.5 Å². The highest BCUT2D eigenvalue weighted by Crippen LogP contribution is 2.45. The summed E-state index contributed by atoms with van der Waals surface area (Å²) in [5.74, 6) is 0. The van der Waals surface area contributed by atoms with E-state index in [1.54, 1.807) is 11.8 Å². The van der Waals surface area contributed by atoms with Gasteiger partial charge >= 0.3 is 0 Å². The second-order valence-corrected chi connectivity index (χ2v) is 12.0. The predicted molar refractivity (Wildman–Crippen MR) is 92.4 cm³/mol.